The summed E-state index contributed by atoms with van der Waals surface area (Å²) in [5, 5.41) is 43.4. The summed E-state index contributed by atoms with van der Waals surface area (Å²) >= 11 is 22.5. The van der Waals surface area contributed by atoms with E-state index < -0.39 is 71.9 Å². The molecule has 49 heteroatoms. The number of nitro benzene ring substituents is 2. The van der Waals surface area contributed by atoms with E-state index in [-0.39, 0.29) is 41.8 Å². The molecule has 0 atom stereocenters. The van der Waals surface area contributed by atoms with Crippen molar-refractivity contribution in [2.24, 2.45) is 5.73 Å². The Hall–Kier alpha value is -12.3. The standard InChI is InChI=1S/C20H22N4O3S.2C12H11ClN2O.C8H11BO3.C8H10N2O4S.2C8H12N2O2S.C7H6ClNO4S.C4H2Cl2N2.CH5N.CH4/c1-3-27-19-10-5-4-9-17(19)18-12-20(23-14-22-18)24-16-8-6-7-15(11-16)13-28(25,26)21-2;2*1-2-16-11-6-4-3-5-9(11)10-7-12(13)15-8-14-10;1-2-12-8-6-4-3-5-7(8)9(10)11;1-9-15(13,14)6-7-3-2-4-8(5-7)10(11)12;2*1-10-13(11,12)6-7-3-2-4-8(9)5-7;8-14(12,13)5-6-2-1-3-7(4-6)9(10)11;5-3-1-4(6)8-2-7-3;1-2;/h4-12,14,21H,3,13H2,1-2H3,(H,22,23,24);2*3-8H,2H2,1H3;3-6,10-11H,2H2,1H3;2-5,9H,6H2,1H3;2*2-5,10H,6,9H2,1H3;1-4H,5H2;1-2H;2H2,1H3;1H4. The van der Waals surface area contributed by atoms with Crippen molar-refractivity contribution in [2.45, 2.75) is 63.9 Å². The highest BCUT2D eigenvalue weighted by molar-refractivity contribution is 8.13. The van der Waals surface area contributed by atoms with E-state index in [4.69, 9.17) is 97.5 Å². The number of nitrogens with two attached hydrogens (primary N) is 3. The number of hydrogen-bond donors (Lipinski definition) is 10. The van der Waals surface area contributed by atoms with Gasteiger partial charge >= 0.3 is 7.12 Å². The summed E-state index contributed by atoms with van der Waals surface area (Å²) in [6.07, 6.45) is 5.68. The number of para-hydroxylation sites is 4. The molecule has 0 saturated carbocycles. The minimum atomic E-state index is -3.67. The predicted molar refractivity (Wildman–Crippen MR) is 545 cm³/mol. The summed E-state index contributed by atoms with van der Waals surface area (Å²) < 4.78 is 143. The van der Waals surface area contributed by atoms with E-state index in [1.54, 1.807) is 103 Å². The van der Waals surface area contributed by atoms with E-state index in [1.807, 2.05) is 113 Å². The summed E-state index contributed by atoms with van der Waals surface area (Å²) in [5.74, 6) is 2.67. The van der Waals surface area contributed by atoms with E-state index >= 15 is 0 Å². The van der Waals surface area contributed by atoms with E-state index in [9.17, 15) is 62.3 Å². The van der Waals surface area contributed by atoms with Crippen LogP contribution in [0, 0.1) is 20.2 Å². The first-order valence-electron chi connectivity index (χ1n) is 40.4. The fraction of sp³-hybridized carbons (Fsp3) is 0.213. The number of hydrogen-bond acceptors (Lipinski definition) is 32. The number of nitro groups is 2. The predicted octanol–water partition coefficient (Wildman–Crippen LogP) is 14.4. The molecule has 0 aliphatic rings. The zero-order valence-electron chi connectivity index (χ0n) is 75.2. The van der Waals surface area contributed by atoms with E-state index in [0.29, 0.717) is 103 Å². The molecule has 4 heterocycles. The van der Waals surface area contributed by atoms with Crippen LogP contribution in [0.3, 0.4) is 0 Å². The molecule has 0 unspecified atom stereocenters. The van der Waals surface area contributed by atoms with Crippen molar-refractivity contribution in [3.05, 3.63) is 337 Å². The summed E-state index contributed by atoms with van der Waals surface area (Å²) in [4.78, 5) is 51.5. The minimum absolute atomic E-state index is 0. The topological polar surface area (TPSA) is 576 Å². The van der Waals surface area contributed by atoms with Gasteiger partial charge in [0.2, 0.25) is 49.1 Å². The number of rotatable bonds is 30. The largest absolute Gasteiger partial charge is 0.494 e. The third-order valence-electron chi connectivity index (χ3n) is 16.8. The molecule has 0 radical (unpaired) electrons. The zero-order valence-corrected chi connectivity index (χ0v) is 83.1. The number of halogens is 5. The number of anilines is 4. The van der Waals surface area contributed by atoms with Crippen molar-refractivity contribution < 1.29 is 80.9 Å². The van der Waals surface area contributed by atoms with Crippen LogP contribution >= 0.6 is 57.1 Å². The van der Waals surface area contributed by atoms with Gasteiger partial charge in [-0.25, -0.2) is 101 Å². The highest BCUT2D eigenvalue weighted by Crippen LogP contribution is 2.33. The van der Waals surface area contributed by atoms with Gasteiger partial charge < -0.3 is 51.5 Å². The van der Waals surface area contributed by atoms with Crippen molar-refractivity contribution in [3.63, 3.8) is 0 Å². The van der Waals surface area contributed by atoms with Crippen LogP contribution in [0.25, 0.3) is 33.8 Å². The smallest absolute Gasteiger partial charge is 0.492 e. The van der Waals surface area contributed by atoms with E-state index in [0.717, 1.165) is 56.7 Å². The highest BCUT2D eigenvalue weighted by Gasteiger charge is 2.19. The number of aromatic nitrogens is 8. The third kappa shape index (κ3) is 47.2. The monoisotopic (exact) mass is 2090 g/mol. The first kappa shape index (κ1) is 120. The molecule has 13 rings (SSSR count). The molecule has 0 spiro atoms. The lowest BCUT2D eigenvalue weighted by molar-refractivity contribution is -0.385. The van der Waals surface area contributed by atoms with Crippen LogP contribution in [-0.2, 0) is 77.9 Å². The Labute approximate surface area is 828 Å². The Morgan fingerprint density at radius 3 is 0.971 bits per heavy atom. The average Bonchev–Trinajstić information content (AvgIpc) is 0.838. The maximum atomic E-state index is 11.8. The quantitative estimate of drug-likeness (QED) is 0.00499. The summed E-state index contributed by atoms with van der Waals surface area (Å²) in [6, 6.07) is 68.5. The molecule has 0 saturated heterocycles. The van der Waals surface area contributed by atoms with Gasteiger partial charge in [0.1, 0.15) is 74.7 Å². The van der Waals surface area contributed by atoms with Gasteiger partial charge in [0, 0.05) is 98.4 Å². The fourth-order valence-electron chi connectivity index (χ4n) is 10.8. The van der Waals surface area contributed by atoms with Gasteiger partial charge in [-0.15, -0.1) is 0 Å². The Morgan fingerprint density at radius 2 is 0.652 bits per heavy atom. The molecule has 4 aromatic heterocycles. The lowest BCUT2D eigenvalue weighted by Gasteiger charge is -2.11. The first-order valence-corrected chi connectivity index (χ1v) is 51.0. The second-order valence-corrected chi connectivity index (χ2v) is 38.8. The van der Waals surface area contributed by atoms with Crippen molar-refractivity contribution in [2.75, 3.05) is 78.5 Å². The summed E-state index contributed by atoms with van der Waals surface area (Å²) in [5.41, 5.74) is 25.3. The maximum absolute atomic E-state index is 11.8. The Kier molecular flexibility index (Phi) is 54.3. The molecule has 740 valence electrons. The van der Waals surface area contributed by atoms with Crippen LogP contribution in [0.15, 0.2) is 268 Å². The lowest BCUT2D eigenvalue weighted by Crippen LogP contribution is -2.31. The second-order valence-electron chi connectivity index (χ2n) is 26.7. The lowest BCUT2D eigenvalue weighted by atomic mass is 9.80. The Morgan fingerprint density at radius 1 is 0.362 bits per heavy atom. The highest BCUT2D eigenvalue weighted by atomic mass is 35.7. The van der Waals surface area contributed by atoms with Gasteiger partial charge in [0.25, 0.3) is 11.4 Å². The number of non-ortho nitro benzene ring substituents is 2. The molecule has 0 aliphatic heterocycles. The van der Waals surface area contributed by atoms with Crippen LogP contribution in [0.5, 0.6) is 23.0 Å². The van der Waals surface area contributed by atoms with E-state index in [2.05, 4.69) is 69.8 Å². The first-order chi connectivity index (χ1) is 65.1. The van der Waals surface area contributed by atoms with Gasteiger partial charge in [-0.05, 0) is 170 Å². The van der Waals surface area contributed by atoms with Crippen LogP contribution < -0.4 is 65.8 Å². The molecular formula is C89H106BCl5N18O20S5. The molecular weight excluding hydrogens is 1990 g/mol. The van der Waals surface area contributed by atoms with Crippen molar-refractivity contribution in [1.82, 2.24) is 58.8 Å². The van der Waals surface area contributed by atoms with Gasteiger partial charge in [0.05, 0.1) is 82.1 Å². The zero-order chi connectivity index (χ0) is 102. The van der Waals surface area contributed by atoms with Crippen LogP contribution in [0.4, 0.5) is 34.3 Å². The molecule has 13 N–H and O–H groups in total. The van der Waals surface area contributed by atoms with Gasteiger partial charge in [0.15, 0.2) is 0 Å². The molecule has 0 fully saturated rings. The molecule has 0 aliphatic carbocycles. The van der Waals surface area contributed by atoms with Crippen molar-refractivity contribution in [3.8, 4) is 56.8 Å². The third-order valence-corrected chi connectivity index (χ3v) is 23.9. The Balaban J connectivity index is 0.000000405. The summed E-state index contributed by atoms with van der Waals surface area (Å²) in [7, 11) is -6.26. The van der Waals surface area contributed by atoms with E-state index in [1.165, 1.54) is 115 Å². The molecule has 0 bridgehead atoms. The number of nitrogen functional groups attached to an aromatic ring is 2. The Bertz CT molecular complexity index is 6410. The summed E-state index contributed by atoms with van der Waals surface area (Å²) in [6.45, 7) is 10.0. The molecule has 9 aromatic carbocycles. The molecule has 138 heavy (non-hydrogen) atoms. The second kappa shape index (κ2) is 62.5. The minimum Gasteiger partial charge on any atom is -0.494 e. The number of sulfonamides is 4. The molecule has 13 aromatic rings. The van der Waals surface area contributed by atoms with Gasteiger partial charge in [-0.2, -0.15) is 0 Å². The maximum Gasteiger partial charge on any atom is 0.492 e. The number of nitrogens with zero attached hydrogens (tertiary/aromatic N) is 10. The van der Waals surface area contributed by atoms with Gasteiger partial charge in [-0.3, -0.25) is 20.2 Å². The normalized spacial score (nSPS) is 10.6. The number of ether oxygens (including phenoxy) is 4. The average molecular weight is 2100 g/mol. The van der Waals surface area contributed by atoms with Gasteiger partial charge in [-0.1, -0.05) is 169 Å². The number of benzene rings is 9. The van der Waals surface area contributed by atoms with Crippen molar-refractivity contribution in [1.29, 1.82) is 0 Å². The van der Waals surface area contributed by atoms with Crippen molar-refractivity contribution >= 4 is 153 Å². The van der Waals surface area contributed by atoms with Crippen LogP contribution in [0.2, 0.25) is 20.6 Å². The molecule has 38 nitrogen and oxygen atoms in total. The SMILES string of the molecule is C.CCOc1ccccc1-c1cc(Cl)ncn1.CCOc1ccccc1-c1cc(Cl)ncn1.CCOc1ccccc1-c1cc(Nc2cccc(CS(=O)(=O)NC)c2)ncn1.CCOc1ccccc1B(O)O.CN.CNS(=O)(=O)Cc1cccc(N)c1.CNS(=O)(=O)Cc1cccc(N)c1.CNS(=O)(=O)Cc1cccc([N+](=O)[O-])c1.Clc1cc(Cl)ncn1.O=[N+]([O-])c1cccc(CS(=O)(=O)Cl)c1. The number of nitrogens with one attached hydrogen (secondary N) is 5. The molecule has 0 amide bonds. The fourth-order valence-corrected chi connectivity index (χ4v) is 15.5. The van der Waals surface area contributed by atoms with Crippen LogP contribution in [0.1, 0.15) is 62.9 Å². The van der Waals surface area contributed by atoms with Crippen LogP contribution in [-0.4, -0.2) is 171 Å².